The molecule has 0 saturated heterocycles. The van der Waals surface area contributed by atoms with E-state index in [4.69, 9.17) is 0 Å². The number of rotatable bonds is 4. The fraction of sp³-hybridized carbons (Fsp3) is 0.0435. The predicted molar refractivity (Wildman–Crippen MR) is 116 cm³/mol. The Morgan fingerprint density at radius 3 is 2.77 bits per heavy atom. The van der Waals surface area contributed by atoms with E-state index in [1.54, 1.807) is 12.4 Å². The number of hydrogen-bond acceptors (Lipinski definition) is 5. The minimum absolute atomic E-state index is 0.149. The van der Waals surface area contributed by atoms with Crippen molar-refractivity contribution in [3.63, 3.8) is 0 Å². The molecule has 0 aliphatic heterocycles. The third kappa shape index (κ3) is 3.02. The molecule has 30 heavy (non-hydrogen) atoms. The molecule has 7 heteroatoms. The van der Waals surface area contributed by atoms with Gasteiger partial charge in [-0.15, -0.1) is 0 Å². The van der Waals surface area contributed by atoms with Gasteiger partial charge in [0.1, 0.15) is 0 Å². The summed E-state index contributed by atoms with van der Waals surface area (Å²) in [6, 6.07) is 13.6. The van der Waals surface area contributed by atoms with Gasteiger partial charge in [-0.2, -0.15) is 0 Å². The Hall–Kier alpha value is -4.26. The van der Waals surface area contributed by atoms with Crippen LogP contribution >= 0.6 is 0 Å². The number of nitrogens with one attached hydrogen (secondary N) is 1. The second kappa shape index (κ2) is 6.97. The zero-order valence-electron chi connectivity index (χ0n) is 16.1. The van der Waals surface area contributed by atoms with Gasteiger partial charge in [-0.3, -0.25) is 15.0 Å². The molecular weight excluding hydrogens is 378 g/mol. The molecule has 5 rings (SSSR count). The number of aromatic carboxylic acids is 1. The van der Waals surface area contributed by atoms with Crippen LogP contribution < -0.4 is 5.32 Å². The van der Waals surface area contributed by atoms with Crippen LogP contribution in [0.5, 0.6) is 0 Å². The van der Waals surface area contributed by atoms with Crippen LogP contribution in [0, 0.1) is 0 Å². The van der Waals surface area contributed by atoms with Gasteiger partial charge in [-0.1, -0.05) is 12.1 Å². The topological polar surface area (TPSA) is 92.9 Å². The van der Waals surface area contributed by atoms with E-state index < -0.39 is 5.97 Å². The van der Waals surface area contributed by atoms with Gasteiger partial charge in [0.25, 0.3) is 0 Å². The molecule has 0 amide bonds. The van der Waals surface area contributed by atoms with Crippen molar-refractivity contribution < 1.29 is 9.90 Å². The second-order valence-electron chi connectivity index (χ2n) is 7.00. The van der Waals surface area contributed by atoms with Crippen LogP contribution in [0.15, 0.2) is 73.4 Å². The highest BCUT2D eigenvalue weighted by Crippen LogP contribution is 2.33. The normalized spacial score (nSPS) is 11.1. The zero-order valence-corrected chi connectivity index (χ0v) is 16.1. The van der Waals surface area contributed by atoms with Crippen molar-refractivity contribution >= 4 is 39.3 Å². The Balaban J connectivity index is 1.68. The first-order valence-electron chi connectivity index (χ1n) is 9.35. The fourth-order valence-electron chi connectivity index (χ4n) is 3.63. The standard InChI is InChI=1S/C23H17N5O2/c1-28-9-5-14-2-3-15(10-21(14)28)18-11-16(12-19-22(18)26-8-7-25-19)27-20-13-24-6-4-17(20)23(29)30/h2-13,27H,1H3,(H,29,30). The van der Waals surface area contributed by atoms with Gasteiger partial charge in [0.15, 0.2) is 0 Å². The molecule has 3 heterocycles. The largest absolute Gasteiger partial charge is 0.478 e. The molecule has 0 radical (unpaired) electrons. The highest BCUT2D eigenvalue weighted by molar-refractivity contribution is 5.99. The van der Waals surface area contributed by atoms with Crippen LogP contribution in [0.3, 0.4) is 0 Å². The number of carbonyl (C=O) groups is 1. The summed E-state index contributed by atoms with van der Waals surface area (Å²) in [5, 5.41) is 13.8. The van der Waals surface area contributed by atoms with Crippen LogP contribution in [-0.2, 0) is 7.05 Å². The quantitative estimate of drug-likeness (QED) is 0.461. The molecule has 2 aromatic carbocycles. The van der Waals surface area contributed by atoms with E-state index in [1.807, 2.05) is 25.4 Å². The number of anilines is 2. The lowest BCUT2D eigenvalue weighted by atomic mass is 10.0. The Morgan fingerprint density at radius 2 is 1.90 bits per heavy atom. The van der Waals surface area contributed by atoms with Gasteiger partial charge in [-0.25, -0.2) is 4.79 Å². The van der Waals surface area contributed by atoms with E-state index in [-0.39, 0.29) is 5.56 Å². The Morgan fingerprint density at radius 1 is 1.03 bits per heavy atom. The summed E-state index contributed by atoms with van der Waals surface area (Å²) in [7, 11) is 2.01. The molecule has 0 fully saturated rings. The highest BCUT2D eigenvalue weighted by atomic mass is 16.4. The first-order chi connectivity index (χ1) is 14.6. The van der Waals surface area contributed by atoms with Crippen LogP contribution in [0.1, 0.15) is 10.4 Å². The van der Waals surface area contributed by atoms with E-state index in [0.717, 1.165) is 27.5 Å². The third-order valence-electron chi connectivity index (χ3n) is 5.10. The lowest BCUT2D eigenvalue weighted by molar-refractivity contribution is 0.0698. The molecule has 0 bridgehead atoms. The van der Waals surface area contributed by atoms with Crippen LogP contribution in [0.25, 0.3) is 33.1 Å². The van der Waals surface area contributed by atoms with Gasteiger partial charge < -0.3 is 15.0 Å². The Bertz CT molecular complexity index is 1420. The zero-order chi connectivity index (χ0) is 20.7. The summed E-state index contributed by atoms with van der Waals surface area (Å²) in [6.45, 7) is 0. The fourth-order valence-corrected chi connectivity index (χ4v) is 3.63. The van der Waals surface area contributed by atoms with E-state index in [2.05, 4.69) is 49.1 Å². The van der Waals surface area contributed by atoms with Gasteiger partial charge in [0.2, 0.25) is 0 Å². The molecule has 0 atom stereocenters. The van der Waals surface area contributed by atoms with E-state index in [1.165, 1.54) is 18.5 Å². The average molecular weight is 395 g/mol. The van der Waals surface area contributed by atoms with Crippen molar-refractivity contribution in [1.82, 2.24) is 19.5 Å². The monoisotopic (exact) mass is 395 g/mol. The van der Waals surface area contributed by atoms with Crippen molar-refractivity contribution in [2.45, 2.75) is 0 Å². The summed E-state index contributed by atoms with van der Waals surface area (Å²) < 4.78 is 2.07. The summed E-state index contributed by atoms with van der Waals surface area (Å²) in [5.41, 5.74) is 5.79. The summed E-state index contributed by atoms with van der Waals surface area (Å²) in [5.74, 6) is -1.02. The van der Waals surface area contributed by atoms with Crippen LogP contribution in [0.4, 0.5) is 11.4 Å². The number of carboxylic acids is 1. The number of hydrogen-bond donors (Lipinski definition) is 2. The molecule has 0 saturated carbocycles. The third-order valence-corrected chi connectivity index (χ3v) is 5.10. The van der Waals surface area contributed by atoms with E-state index in [0.29, 0.717) is 16.9 Å². The molecule has 7 nitrogen and oxygen atoms in total. The lowest BCUT2D eigenvalue weighted by Gasteiger charge is -2.13. The number of pyridine rings is 1. The van der Waals surface area contributed by atoms with E-state index >= 15 is 0 Å². The van der Waals surface area contributed by atoms with Gasteiger partial charge in [0.05, 0.1) is 28.5 Å². The van der Waals surface area contributed by atoms with Gasteiger partial charge in [0, 0.05) is 48.6 Å². The van der Waals surface area contributed by atoms with Crippen LogP contribution in [-0.4, -0.2) is 30.6 Å². The highest BCUT2D eigenvalue weighted by Gasteiger charge is 2.13. The second-order valence-corrected chi connectivity index (χ2v) is 7.00. The number of nitrogens with zero attached hydrogens (tertiary/aromatic N) is 4. The number of carboxylic acid groups (broad SMARTS) is 1. The Kier molecular flexibility index (Phi) is 4.14. The maximum Gasteiger partial charge on any atom is 0.337 e. The summed E-state index contributed by atoms with van der Waals surface area (Å²) in [6.07, 6.45) is 8.30. The average Bonchev–Trinajstić information content (AvgIpc) is 3.13. The maximum atomic E-state index is 11.6. The SMILES string of the molecule is Cn1ccc2ccc(-c3cc(Nc4cnccc4C(=O)O)cc4nccnc34)cc21. The summed E-state index contributed by atoms with van der Waals surface area (Å²) >= 11 is 0. The Labute approximate surface area is 171 Å². The number of aromatic nitrogens is 4. The van der Waals surface area contributed by atoms with Crippen molar-refractivity contribution in [1.29, 1.82) is 0 Å². The molecule has 0 spiro atoms. The first-order valence-corrected chi connectivity index (χ1v) is 9.35. The molecule has 5 aromatic rings. The summed E-state index contributed by atoms with van der Waals surface area (Å²) in [4.78, 5) is 24.6. The number of benzene rings is 2. The van der Waals surface area contributed by atoms with Crippen LogP contribution in [0.2, 0.25) is 0 Å². The minimum atomic E-state index is -1.02. The van der Waals surface area contributed by atoms with Crippen molar-refractivity contribution in [3.05, 3.63) is 79.0 Å². The first kappa shape index (κ1) is 17.8. The smallest absolute Gasteiger partial charge is 0.337 e. The molecule has 3 aromatic heterocycles. The molecule has 0 unspecified atom stereocenters. The van der Waals surface area contributed by atoms with Gasteiger partial charge >= 0.3 is 5.97 Å². The molecule has 0 aliphatic carbocycles. The van der Waals surface area contributed by atoms with Crippen molar-refractivity contribution in [3.8, 4) is 11.1 Å². The number of aryl methyl sites for hydroxylation is 1. The van der Waals surface area contributed by atoms with Crippen molar-refractivity contribution in [2.24, 2.45) is 7.05 Å². The number of fused-ring (bicyclic) bond motifs is 2. The predicted octanol–water partition coefficient (Wildman–Crippen LogP) is 4.63. The maximum absolute atomic E-state index is 11.6. The van der Waals surface area contributed by atoms with E-state index in [9.17, 15) is 9.90 Å². The molecule has 146 valence electrons. The lowest BCUT2D eigenvalue weighted by Crippen LogP contribution is -2.03. The molecular formula is C23H17N5O2. The van der Waals surface area contributed by atoms with Gasteiger partial charge in [-0.05, 0) is 41.3 Å². The van der Waals surface area contributed by atoms with Crippen molar-refractivity contribution in [2.75, 3.05) is 5.32 Å². The molecule has 2 N–H and O–H groups in total. The molecule has 0 aliphatic rings. The minimum Gasteiger partial charge on any atom is -0.478 e.